The second-order valence-electron chi connectivity index (χ2n) is 3.22. The lowest BCUT2D eigenvalue weighted by atomic mass is 10.2. The van der Waals surface area contributed by atoms with Crippen LogP contribution in [0.25, 0.3) is 0 Å². The van der Waals surface area contributed by atoms with Crippen molar-refractivity contribution in [1.29, 1.82) is 0 Å². The first kappa shape index (κ1) is 10.9. The van der Waals surface area contributed by atoms with Crippen LogP contribution >= 0.6 is 0 Å². The lowest BCUT2D eigenvalue weighted by Crippen LogP contribution is -1.75. The highest BCUT2D eigenvalue weighted by molar-refractivity contribution is 5.27. The van der Waals surface area contributed by atoms with E-state index < -0.39 is 18.2 Å². The van der Waals surface area contributed by atoms with Crippen LogP contribution < -0.4 is 0 Å². The number of halogens is 3. The topological polar surface area (TPSA) is 20.2 Å². The van der Waals surface area contributed by atoms with Crippen molar-refractivity contribution in [3.8, 4) is 5.75 Å². The highest BCUT2D eigenvalue weighted by atomic mass is 19.2. The molecular weight excluding hydrogens is 193 g/mol. The second-order valence-corrected chi connectivity index (χ2v) is 3.22. The molecule has 1 fully saturated rings. The lowest BCUT2D eigenvalue weighted by molar-refractivity contribution is 0.372. The van der Waals surface area contributed by atoms with Crippen LogP contribution in [0.4, 0.5) is 13.2 Å². The largest absolute Gasteiger partial charge is 0.505 e. The molecule has 0 aliphatic heterocycles. The third-order valence-corrected chi connectivity index (χ3v) is 1.74. The number of phenolic OH excluding ortho intramolecular Hbond substituents is 1. The molecule has 1 N–H and O–H groups in total. The van der Waals surface area contributed by atoms with Crippen molar-refractivity contribution in [2.75, 3.05) is 0 Å². The minimum absolute atomic E-state index is 0.139. The summed E-state index contributed by atoms with van der Waals surface area (Å²) in [7, 11) is 0. The quantitative estimate of drug-likeness (QED) is 0.688. The summed E-state index contributed by atoms with van der Waals surface area (Å²) in [5, 5.41) is 8.73. The Morgan fingerprint density at radius 3 is 2.07 bits per heavy atom. The van der Waals surface area contributed by atoms with Gasteiger partial charge in [0, 0.05) is 6.42 Å². The minimum atomic E-state index is -1.12. The number of aromatic hydroxyl groups is 1. The smallest absolute Gasteiger partial charge is 0.164 e. The molecule has 1 aliphatic carbocycles. The van der Waals surface area contributed by atoms with E-state index in [0.29, 0.717) is 0 Å². The molecule has 0 aromatic heterocycles. The maximum Gasteiger partial charge on any atom is 0.164 e. The molecule has 14 heavy (non-hydrogen) atoms. The summed E-state index contributed by atoms with van der Waals surface area (Å²) >= 11 is 0. The molecular formula is C10H11F3O. The molecule has 0 bridgehead atoms. The molecule has 1 aromatic rings. The number of hydrogen-bond donors (Lipinski definition) is 1. The molecule has 0 saturated heterocycles. The van der Waals surface area contributed by atoms with Gasteiger partial charge in [-0.1, -0.05) is 6.07 Å². The van der Waals surface area contributed by atoms with Gasteiger partial charge in [0.05, 0.1) is 0 Å². The first-order chi connectivity index (χ1) is 6.50. The molecule has 78 valence electrons. The van der Waals surface area contributed by atoms with Crippen LogP contribution in [0.2, 0.25) is 0 Å². The predicted octanol–water partition coefficient (Wildman–Crippen LogP) is 2.91. The fourth-order valence-corrected chi connectivity index (χ4v) is 0.759. The van der Waals surface area contributed by atoms with Crippen molar-refractivity contribution in [2.24, 2.45) is 0 Å². The summed E-state index contributed by atoms with van der Waals surface area (Å²) in [5.74, 6) is -0.851. The third-order valence-electron chi connectivity index (χ3n) is 1.74. The molecule has 0 spiro atoms. The third kappa shape index (κ3) is 3.28. The summed E-state index contributed by atoms with van der Waals surface area (Å²) < 4.78 is 34.5. The second kappa shape index (κ2) is 4.35. The standard InChI is InChI=1S/C7H7FO.C3H4F2/c1-5-2-3-6(8)7(9)4-5;4-2-1-3(2)5/h2-4,9H,1H3;2-3H,1H2. The van der Waals surface area contributed by atoms with Gasteiger partial charge >= 0.3 is 0 Å². The van der Waals surface area contributed by atoms with Gasteiger partial charge in [-0.05, 0) is 24.6 Å². The van der Waals surface area contributed by atoms with Crippen LogP contribution in [0.3, 0.4) is 0 Å². The van der Waals surface area contributed by atoms with Gasteiger partial charge < -0.3 is 5.11 Å². The van der Waals surface area contributed by atoms with Gasteiger partial charge in [-0.3, -0.25) is 0 Å². The summed E-state index contributed by atoms with van der Waals surface area (Å²) in [6.45, 7) is 1.79. The first-order valence-corrected chi connectivity index (χ1v) is 4.24. The minimum Gasteiger partial charge on any atom is -0.505 e. The highest BCUT2D eigenvalue weighted by Gasteiger charge is 2.37. The number of alkyl halides is 2. The molecule has 0 heterocycles. The summed E-state index contributed by atoms with van der Waals surface area (Å²) in [6, 6.07) is 4.23. The lowest BCUT2D eigenvalue weighted by Gasteiger charge is -1.93. The predicted molar refractivity (Wildman–Crippen MR) is 47.2 cm³/mol. The normalized spacial score (nSPS) is 23.7. The Morgan fingerprint density at radius 2 is 1.79 bits per heavy atom. The van der Waals surface area contributed by atoms with Crippen molar-refractivity contribution in [3.05, 3.63) is 29.6 Å². The summed E-state index contributed by atoms with van der Waals surface area (Å²) in [5.41, 5.74) is 0.855. The van der Waals surface area contributed by atoms with Crippen molar-refractivity contribution >= 4 is 0 Å². The van der Waals surface area contributed by atoms with Crippen LogP contribution in [0.15, 0.2) is 18.2 Å². The Balaban J connectivity index is 0.000000165. The van der Waals surface area contributed by atoms with E-state index >= 15 is 0 Å². The van der Waals surface area contributed by atoms with E-state index in [1.807, 2.05) is 0 Å². The zero-order valence-corrected chi connectivity index (χ0v) is 7.67. The van der Waals surface area contributed by atoms with E-state index in [2.05, 4.69) is 0 Å². The molecule has 2 atom stereocenters. The molecule has 1 saturated carbocycles. The SMILES string of the molecule is Cc1ccc(F)c(O)c1.FC1CC1F. The first-order valence-electron chi connectivity index (χ1n) is 4.24. The number of rotatable bonds is 0. The van der Waals surface area contributed by atoms with Crippen LogP contribution in [0.1, 0.15) is 12.0 Å². The Bertz CT molecular complexity index is 308. The Kier molecular flexibility index (Phi) is 3.38. The van der Waals surface area contributed by atoms with E-state index in [-0.39, 0.29) is 12.2 Å². The van der Waals surface area contributed by atoms with Crippen LogP contribution in [0, 0.1) is 12.7 Å². The van der Waals surface area contributed by atoms with Gasteiger partial charge in [-0.25, -0.2) is 13.2 Å². The number of hydrogen-bond acceptors (Lipinski definition) is 1. The van der Waals surface area contributed by atoms with Crippen molar-refractivity contribution in [1.82, 2.24) is 0 Å². The van der Waals surface area contributed by atoms with E-state index in [1.54, 1.807) is 13.0 Å². The summed E-state index contributed by atoms with van der Waals surface area (Å²) in [6.07, 6.45) is -2.09. The van der Waals surface area contributed by atoms with Crippen molar-refractivity contribution in [3.63, 3.8) is 0 Å². The van der Waals surface area contributed by atoms with E-state index in [4.69, 9.17) is 5.11 Å². The van der Waals surface area contributed by atoms with E-state index in [0.717, 1.165) is 5.56 Å². The van der Waals surface area contributed by atoms with Crippen molar-refractivity contribution in [2.45, 2.75) is 25.7 Å². The van der Waals surface area contributed by atoms with Gasteiger partial charge in [0.1, 0.15) is 12.3 Å². The molecule has 0 amide bonds. The van der Waals surface area contributed by atoms with Crippen molar-refractivity contribution < 1.29 is 18.3 Å². The van der Waals surface area contributed by atoms with Gasteiger partial charge in [0.2, 0.25) is 0 Å². The molecule has 2 rings (SSSR count). The Hall–Kier alpha value is -1.19. The maximum absolute atomic E-state index is 12.2. The average Bonchev–Trinajstić information content (AvgIpc) is 2.74. The molecule has 1 nitrogen and oxygen atoms in total. The monoisotopic (exact) mass is 204 g/mol. The van der Waals surface area contributed by atoms with Gasteiger partial charge in [-0.2, -0.15) is 0 Å². The van der Waals surface area contributed by atoms with Gasteiger partial charge in [-0.15, -0.1) is 0 Å². The molecule has 4 heteroatoms. The van der Waals surface area contributed by atoms with Gasteiger partial charge in [0.25, 0.3) is 0 Å². The summed E-state index contributed by atoms with van der Waals surface area (Å²) in [4.78, 5) is 0. The molecule has 1 aliphatic rings. The Labute approximate surface area is 80.2 Å². The maximum atomic E-state index is 12.2. The van der Waals surface area contributed by atoms with Crippen LogP contribution in [0.5, 0.6) is 5.75 Å². The van der Waals surface area contributed by atoms with Crippen LogP contribution in [-0.2, 0) is 0 Å². The zero-order chi connectivity index (χ0) is 10.7. The zero-order valence-electron chi connectivity index (χ0n) is 7.67. The van der Waals surface area contributed by atoms with E-state index in [9.17, 15) is 13.2 Å². The molecule has 1 aromatic carbocycles. The number of benzene rings is 1. The average molecular weight is 204 g/mol. The molecule has 2 unspecified atom stereocenters. The fourth-order valence-electron chi connectivity index (χ4n) is 0.759. The van der Waals surface area contributed by atoms with Gasteiger partial charge in [0.15, 0.2) is 11.6 Å². The highest BCUT2D eigenvalue weighted by Crippen LogP contribution is 2.28. The Morgan fingerprint density at radius 1 is 1.29 bits per heavy atom. The fraction of sp³-hybridized carbons (Fsp3) is 0.400. The van der Waals surface area contributed by atoms with E-state index in [1.165, 1.54) is 12.1 Å². The van der Waals surface area contributed by atoms with Crippen LogP contribution in [-0.4, -0.2) is 17.4 Å². The number of aryl methyl sites for hydroxylation is 1. The molecule has 0 radical (unpaired) electrons. The number of phenols is 1.